The minimum atomic E-state index is -0.140. The van der Waals surface area contributed by atoms with Gasteiger partial charge in [0, 0.05) is 23.3 Å². The summed E-state index contributed by atoms with van der Waals surface area (Å²) in [6.07, 6.45) is 4.97. The van der Waals surface area contributed by atoms with Crippen molar-refractivity contribution < 1.29 is 19.8 Å². The molecule has 6 heteroatoms. The molecule has 2 rings (SSSR count). The van der Waals surface area contributed by atoms with Crippen LogP contribution in [0.1, 0.15) is 18.1 Å². The van der Waals surface area contributed by atoms with Crippen LogP contribution in [0.5, 0.6) is 11.8 Å². The minimum absolute atomic E-state index is 0.135. The minimum Gasteiger partial charge on any atom is -0.492 e. The number of hydrogen-bond donors (Lipinski definition) is 2. The Kier molecular flexibility index (Phi) is 3.23. The van der Waals surface area contributed by atoms with Crippen LogP contribution in [0.15, 0.2) is 12.2 Å². The zero-order valence-corrected chi connectivity index (χ0v) is 10.2. The van der Waals surface area contributed by atoms with Gasteiger partial charge in [-0.25, -0.2) is 0 Å². The Balaban J connectivity index is 2.29. The molecule has 0 aromatic carbocycles. The molecule has 1 aliphatic rings. The smallest absolute Gasteiger partial charge is 0.378 e. The Morgan fingerprint density at radius 3 is 2.29 bits per heavy atom. The van der Waals surface area contributed by atoms with Crippen molar-refractivity contribution in [3.05, 3.63) is 23.3 Å². The predicted octanol–water partition coefficient (Wildman–Crippen LogP) is 1.30. The van der Waals surface area contributed by atoms with Gasteiger partial charge in [0.2, 0.25) is 11.8 Å². The lowest BCUT2D eigenvalue weighted by atomic mass is 10.0. The second-order valence-corrected chi connectivity index (χ2v) is 3.89. The Morgan fingerprint density at radius 2 is 1.82 bits per heavy atom. The molecule has 0 amide bonds. The number of aromatic hydroxyl groups is 2. The molecule has 1 aliphatic carbocycles. The first kappa shape index (κ1) is 11.8. The van der Waals surface area contributed by atoms with E-state index in [1.54, 1.807) is 6.92 Å². The van der Waals surface area contributed by atoms with Crippen molar-refractivity contribution in [1.29, 1.82) is 0 Å². The molecule has 0 saturated carbocycles. The number of fused-ring (bicyclic) bond motifs is 1. The molecule has 0 unspecified atom stereocenters. The molecule has 92 valence electrons. The average Bonchev–Trinajstić information content (AvgIpc) is 2.56. The third-order valence-electron chi connectivity index (χ3n) is 2.53. The van der Waals surface area contributed by atoms with Gasteiger partial charge in [0.1, 0.15) is 0 Å². The Labute approximate surface area is 104 Å². The molecule has 0 fully saturated rings. The lowest BCUT2D eigenvalue weighted by molar-refractivity contribution is 0.131. The summed E-state index contributed by atoms with van der Waals surface area (Å²) in [6.45, 7) is 2.13. The van der Waals surface area contributed by atoms with Crippen LogP contribution in [-0.2, 0) is 17.6 Å². The van der Waals surface area contributed by atoms with Crippen molar-refractivity contribution in [1.82, 2.24) is 4.73 Å². The molecular formula is C11H13NO4S. The fourth-order valence-corrected chi connectivity index (χ4v) is 1.94. The van der Waals surface area contributed by atoms with E-state index in [1.165, 1.54) is 0 Å². The second kappa shape index (κ2) is 4.67. The number of hydrogen-bond acceptors (Lipinski definition) is 5. The largest absolute Gasteiger partial charge is 0.492 e. The molecule has 0 atom stereocenters. The molecule has 0 aliphatic heterocycles. The number of allylic oxidation sites excluding steroid dienone is 2. The van der Waals surface area contributed by atoms with Gasteiger partial charge in [-0.05, 0) is 19.8 Å². The highest BCUT2D eigenvalue weighted by atomic mass is 32.1. The van der Waals surface area contributed by atoms with Crippen LogP contribution in [0.4, 0.5) is 0 Å². The van der Waals surface area contributed by atoms with Crippen molar-refractivity contribution in [3.8, 4) is 11.8 Å². The predicted molar refractivity (Wildman–Crippen MR) is 65.1 cm³/mol. The number of nitrogens with zero attached hydrogens (tertiary/aromatic N) is 1. The van der Waals surface area contributed by atoms with Crippen molar-refractivity contribution in [3.63, 3.8) is 0 Å². The van der Waals surface area contributed by atoms with Crippen LogP contribution in [0.25, 0.3) is 0 Å². The second-order valence-electron chi connectivity index (χ2n) is 3.55. The van der Waals surface area contributed by atoms with Crippen molar-refractivity contribution in [2.45, 2.75) is 19.8 Å². The highest BCUT2D eigenvalue weighted by molar-refractivity contribution is 7.79. The van der Waals surface area contributed by atoms with E-state index >= 15 is 0 Å². The topological polar surface area (TPSA) is 63.9 Å². The van der Waals surface area contributed by atoms with E-state index in [0.29, 0.717) is 30.6 Å². The van der Waals surface area contributed by atoms with Gasteiger partial charge in [-0.15, -0.1) is 4.73 Å². The summed E-state index contributed by atoms with van der Waals surface area (Å²) in [6, 6.07) is 0. The van der Waals surface area contributed by atoms with Crippen molar-refractivity contribution in [2.24, 2.45) is 0 Å². The van der Waals surface area contributed by atoms with E-state index in [-0.39, 0.29) is 17.0 Å². The fraction of sp³-hybridized carbons (Fsp3) is 0.364. The van der Waals surface area contributed by atoms with E-state index in [0.717, 1.165) is 4.73 Å². The number of ether oxygens (including phenoxy) is 1. The number of rotatable bonds is 2. The number of thiocarbonyl (C=S) groups is 1. The van der Waals surface area contributed by atoms with E-state index in [9.17, 15) is 10.2 Å². The van der Waals surface area contributed by atoms with Gasteiger partial charge >= 0.3 is 5.24 Å². The summed E-state index contributed by atoms with van der Waals surface area (Å²) >= 11 is 4.79. The summed E-state index contributed by atoms with van der Waals surface area (Å²) in [4.78, 5) is 5.07. The standard InChI is InChI=1S/C11H13NO4S/c1-2-15-11(17)16-12-9(13)7-5-3-4-6-8(7)10(12)14/h3-4,13-14H,2,5-6H2,1H3. The van der Waals surface area contributed by atoms with Gasteiger partial charge in [-0.2, -0.15) is 0 Å². The molecular weight excluding hydrogens is 242 g/mol. The molecule has 0 bridgehead atoms. The first-order chi connectivity index (χ1) is 8.15. The van der Waals surface area contributed by atoms with E-state index in [2.05, 4.69) is 0 Å². The molecule has 17 heavy (non-hydrogen) atoms. The zero-order chi connectivity index (χ0) is 12.4. The van der Waals surface area contributed by atoms with Gasteiger partial charge in [0.05, 0.1) is 6.61 Å². The van der Waals surface area contributed by atoms with Gasteiger partial charge < -0.3 is 19.8 Å². The van der Waals surface area contributed by atoms with Gasteiger partial charge in [0.15, 0.2) is 0 Å². The lowest BCUT2D eigenvalue weighted by Crippen LogP contribution is -2.19. The van der Waals surface area contributed by atoms with E-state index in [4.69, 9.17) is 21.8 Å². The van der Waals surface area contributed by atoms with Gasteiger partial charge in [0.25, 0.3) is 0 Å². The van der Waals surface area contributed by atoms with Crippen LogP contribution in [0.2, 0.25) is 0 Å². The molecule has 2 N–H and O–H groups in total. The summed E-state index contributed by atoms with van der Waals surface area (Å²) in [5.74, 6) is -0.271. The maximum absolute atomic E-state index is 9.90. The molecule has 0 spiro atoms. The normalized spacial score (nSPS) is 13.2. The van der Waals surface area contributed by atoms with E-state index in [1.807, 2.05) is 12.2 Å². The molecule has 5 nitrogen and oxygen atoms in total. The maximum atomic E-state index is 9.90. The fourth-order valence-electron chi connectivity index (χ4n) is 1.75. The van der Waals surface area contributed by atoms with Crippen LogP contribution in [0.3, 0.4) is 0 Å². The van der Waals surface area contributed by atoms with Crippen molar-refractivity contribution in [2.75, 3.05) is 6.61 Å². The summed E-state index contributed by atoms with van der Waals surface area (Å²) < 4.78 is 5.84. The molecule has 0 radical (unpaired) electrons. The molecule has 1 aromatic heterocycles. The average molecular weight is 255 g/mol. The first-order valence-corrected chi connectivity index (χ1v) is 5.70. The SMILES string of the molecule is CCOC(=S)On1c(O)c2c(c1O)CC=CC2. The summed E-state index contributed by atoms with van der Waals surface area (Å²) in [5.41, 5.74) is 1.31. The highest BCUT2D eigenvalue weighted by Gasteiger charge is 2.24. The van der Waals surface area contributed by atoms with Crippen LogP contribution in [-0.4, -0.2) is 26.8 Å². The van der Waals surface area contributed by atoms with Crippen LogP contribution in [0, 0.1) is 0 Å². The third kappa shape index (κ3) is 2.08. The van der Waals surface area contributed by atoms with Crippen molar-refractivity contribution >= 4 is 17.5 Å². The Bertz CT molecular complexity index is 447. The first-order valence-electron chi connectivity index (χ1n) is 5.29. The summed E-state index contributed by atoms with van der Waals surface area (Å²) in [7, 11) is 0. The Morgan fingerprint density at radius 1 is 1.29 bits per heavy atom. The van der Waals surface area contributed by atoms with E-state index < -0.39 is 0 Å². The third-order valence-corrected chi connectivity index (χ3v) is 2.72. The van der Waals surface area contributed by atoms with Crippen LogP contribution >= 0.6 is 12.2 Å². The monoisotopic (exact) mass is 255 g/mol. The maximum Gasteiger partial charge on any atom is 0.378 e. The summed E-state index contributed by atoms with van der Waals surface area (Å²) in [5, 5.41) is 19.7. The highest BCUT2D eigenvalue weighted by Crippen LogP contribution is 2.35. The Hall–Kier alpha value is -1.69. The number of aromatic nitrogens is 1. The molecule has 1 heterocycles. The quantitative estimate of drug-likeness (QED) is 0.616. The molecule has 0 saturated heterocycles. The zero-order valence-electron chi connectivity index (χ0n) is 9.34. The lowest BCUT2D eigenvalue weighted by Gasteiger charge is -2.08. The van der Waals surface area contributed by atoms with Crippen LogP contribution < -0.4 is 4.84 Å². The van der Waals surface area contributed by atoms with Gasteiger partial charge in [-0.3, -0.25) is 0 Å². The molecule has 1 aromatic rings. The van der Waals surface area contributed by atoms with Gasteiger partial charge in [-0.1, -0.05) is 12.2 Å².